The third-order valence-corrected chi connectivity index (χ3v) is 7.48. The number of hydrogen-bond donors (Lipinski definition) is 0. The van der Waals surface area contributed by atoms with Gasteiger partial charge in [0.1, 0.15) is 0 Å². The van der Waals surface area contributed by atoms with Crippen molar-refractivity contribution >= 4 is 6.96 Å². The van der Waals surface area contributed by atoms with Gasteiger partial charge in [-0.3, -0.25) is 0 Å². The summed E-state index contributed by atoms with van der Waals surface area (Å²) >= 11 is 0. The fourth-order valence-electron chi connectivity index (χ4n) is 5.77. The Morgan fingerprint density at radius 2 is 1.08 bits per heavy atom. The van der Waals surface area contributed by atoms with E-state index >= 15 is 0 Å². The van der Waals surface area contributed by atoms with E-state index in [0.717, 1.165) is 12.8 Å². The molecule has 0 N–H and O–H groups in total. The first-order valence-corrected chi connectivity index (χ1v) is 10.7. The Kier molecular flexibility index (Phi) is 7.25. The molecule has 0 aromatic rings. The van der Waals surface area contributed by atoms with Crippen LogP contribution in [0.2, 0.25) is 0 Å². The molecule has 6 heteroatoms. The molecular formula is C20H36BNaO4. The quantitative estimate of drug-likeness (QED) is 0.601. The average molecular weight is 374 g/mol. The minimum atomic E-state index is -2.06. The Balaban J connectivity index is 0.00000196. The van der Waals surface area contributed by atoms with Gasteiger partial charge < -0.3 is 18.6 Å². The van der Waals surface area contributed by atoms with Gasteiger partial charge in [-0.2, -0.15) is 0 Å². The molecule has 0 aromatic heterocycles. The summed E-state index contributed by atoms with van der Waals surface area (Å²) in [6.07, 6.45) is 7.72. The molecule has 4 nitrogen and oxygen atoms in total. The minimum Gasteiger partial charge on any atom is -0.518 e. The molecule has 144 valence electrons. The van der Waals surface area contributed by atoms with Gasteiger partial charge >= 0.3 is 36.5 Å². The third-order valence-electron chi connectivity index (χ3n) is 7.48. The molecular weight excluding hydrogens is 338 g/mol. The monoisotopic (exact) mass is 374 g/mol. The number of hydrogen-bond acceptors (Lipinski definition) is 4. The Morgan fingerprint density at radius 1 is 0.654 bits per heavy atom. The largest absolute Gasteiger partial charge is 1.00 e. The number of fused-ring (bicyclic) bond motifs is 2. The summed E-state index contributed by atoms with van der Waals surface area (Å²) in [6.45, 7) is 8.60. The molecule has 2 heterocycles. The first kappa shape index (κ1) is 21.6. The van der Waals surface area contributed by atoms with Gasteiger partial charge in [0.2, 0.25) is 0 Å². The first-order valence-electron chi connectivity index (χ1n) is 10.7. The van der Waals surface area contributed by atoms with E-state index in [2.05, 4.69) is 27.7 Å². The summed E-state index contributed by atoms with van der Waals surface area (Å²) in [6, 6.07) is 0. The molecule has 0 amide bonds. The Labute approximate surface area is 181 Å². The molecule has 4 aliphatic rings. The Morgan fingerprint density at radius 3 is 1.50 bits per heavy atom. The molecule has 0 radical (unpaired) electrons. The van der Waals surface area contributed by atoms with E-state index in [1.807, 2.05) is 0 Å². The van der Waals surface area contributed by atoms with Crippen LogP contribution in [0.3, 0.4) is 0 Å². The summed E-state index contributed by atoms with van der Waals surface area (Å²) < 4.78 is 25.7. The van der Waals surface area contributed by atoms with Crippen molar-refractivity contribution in [3.63, 3.8) is 0 Å². The van der Waals surface area contributed by atoms with Crippen molar-refractivity contribution in [2.45, 2.75) is 78.4 Å². The Hall–Kier alpha value is 0.905. The maximum absolute atomic E-state index is 6.59. The maximum Gasteiger partial charge on any atom is 1.00 e. The minimum absolute atomic E-state index is 0. The summed E-state index contributed by atoms with van der Waals surface area (Å²) in [7, 11) is 0. The fraction of sp³-hybridized carbons (Fsp3) is 1.00. The molecule has 8 atom stereocenters. The molecule has 2 saturated carbocycles. The predicted molar refractivity (Wildman–Crippen MR) is 98.7 cm³/mol. The maximum atomic E-state index is 6.59. The van der Waals surface area contributed by atoms with Crippen molar-refractivity contribution in [2.24, 2.45) is 35.5 Å². The molecule has 26 heavy (non-hydrogen) atoms. The van der Waals surface area contributed by atoms with Gasteiger partial charge in [0.25, 0.3) is 0 Å². The van der Waals surface area contributed by atoms with Crippen LogP contribution in [0.1, 0.15) is 66.2 Å². The van der Waals surface area contributed by atoms with E-state index < -0.39 is 6.96 Å². The summed E-state index contributed by atoms with van der Waals surface area (Å²) in [4.78, 5) is 0. The normalized spacial score (nSPS) is 52.2. The van der Waals surface area contributed by atoms with Gasteiger partial charge in [0, 0.05) is 25.4 Å². The van der Waals surface area contributed by atoms with Crippen molar-refractivity contribution < 1.29 is 48.2 Å². The smallest absolute Gasteiger partial charge is 0.518 e. The zero-order chi connectivity index (χ0) is 17.6. The van der Waals surface area contributed by atoms with E-state index in [9.17, 15) is 0 Å². The second kappa shape index (κ2) is 8.73. The van der Waals surface area contributed by atoms with Crippen molar-refractivity contribution in [1.82, 2.24) is 0 Å². The number of rotatable bonds is 0. The molecule has 2 saturated heterocycles. The van der Waals surface area contributed by atoms with Crippen LogP contribution in [0.25, 0.3) is 0 Å². The van der Waals surface area contributed by atoms with Crippen molar-refractivity contribution in [1.29, 1.82) is 0 Å². The van der Waals surface area contributed by atoms with Crippen molar-refractivity contribution in [3.8, 4) is 0 Å². The van der Waals surface area contributed by atoms with Gasteiger partial charge in [-0.05, 0) is 61.2 Å². The van der Waals surface area contributed by atoms with Crippen molar-refractivity contribution in [3.05, 3.63) is 0 Å². The summed E-state index contributed by atoms with van der Waals surface area (Å²) in [5.41, 5.74) is 0. The molecule has 2 aliphatic heterocycles. The van der Waals surface area contributed by atoms with Crippen LogP contribution in [0.15, 0.2) is 0 Å². The van der Waals surface area contributed by atoms with Crippen LogP contribution in [0.5, 0.6) is 0 Å². The molecule has 4 fully saturated rings. The Bertz CT molecular complexity index is 437. The van der Waals surface area contributed by atoms with Crippen LogP contribution in [-0.2, 0) is 18.6 Å². The van der Waals surface area contributed by atoms with E-state index in [1.165, 1.54) is 25.7 Å². The first-order chi connectivity index (χ1) is 12.0. The van der Waals surface area contributed by atoms with E-state index in [0.29, 0.717) is 48.7 Å². The molecule has 0 unspecified atom stereocenters. The van der Waals surface area contributed by atoms with Gasteiger partial charge in [-0.1, -0.05) is 40.5 Å². The van der Waals surface area contributed by atoms with E-state index in [-0.39, 0.29) is 41.8 Å². The summed E-state index contributed by atoms with van der Waals surface area (Å²) in [5.74, 6) is 3.59. The standard InChI is InChI=1S/C20H36BO4.Na/c1-13-5-7-17-15(3)11-22-21(24-19(17)9-13)23-12-16(4)18-8-6-14(2)10-20(18)25-21;/h13-20H,5-12H2,1-4H3;/q-1;+1/t13-,14-,15+,16+,17+,18+,19-,20-,21?;/m1./s1. The third kappa shape index (κ3) is 4.40. The van der Waals surface area contributed by atoms with Crippen LogP contribution in [0, 0.1) is 35.5 Å². The zero-order valence-corrected chi connectivity index (χ0v) is 19.5. The summed E-state index contributed by atoms with van der Waals surface area (Å²) in [5, 5.41) is 0. The van der Waals surface area contributed by atoms with Gasteiger partial charge in [-0.25, -0.2) is 0 Å². The second-order valence-corrected chi connectivity index (χ2v) is 9.71. The van der Waals surface area contributed by atoms with E-state index in [1.54, 1.807) is 0 Å². The molecule has 0 aromatic carbocycles. The molecule has 0 bridgehead atoms. The second-order valence-electron chi connectivity index (χ2n) is 9.71. The van der Waals surface area contributed by atoms with Crippen LogP contribution in [0.4, 0.5) is 0 Å². The van der Waals surface area contributed by atoms with Crippen LogP contribution >= 0.6 is 0 Å². The van der Waals surface area contributed by atoms with Gasteiger partial charge in [0.05, 0.1) is 0 Å². The SMILES string of the molecule is C[C@@H]1CC[C@H]2[C@@H](C)CO[B-]3(OC[C@H](C)[C@@H]4CC[C@@H](C)C[C@H]4O3)O[C@@H]2C1.[Na+]. The van der Waals surface area contributed by atoms with E-state index in [4.69, 9.17) is 18.6 Å². The zero-order valence-electron chi connectivity index (χ0n) is 17.5. The van der Waals surface area contributed by atoms with Gasteiger partial charge in [-0.15, -0.1) is 0 Å². The van der Waals surface area contributed by atoms with Gasteiger partial charge in [0.15, 0.2) is 0 Å². The molecule has 4 rings (SSSR count). The molecule has 1 spiro atoms. The average Bonchev–Trinajstić information content (AvgIpc) is 2.78. The van der Waals surface area contributed by atoms with Crippen molar-refractivity contribution in [2.75, 3.05) is 13.2 Å². The predicted octanol–water partition coefficient (Wildman–Crippen LogP) is 1.40. The van der Waals surface area contributed by atoms with Crippen LogP contribution in [-0.4, -0.2) is 32.4 Å². The van der Waals surface area contributed by atoms with Crippen LogP contribution < -0.4 is 29.6 Å². The molecule has 2 aliphatic carbocycles. The topological polar surface area (TPSA) is 36.9 Å². The fourth-order valence-corrected chi connectivity index (χ4v) is 5.77.